The number of likely N-dealkylation sites (N-methyl/N-ethyl adjacent to an activating group) is 1. The molecule has 19 heavy (non-hydrogen) atoms. The van der Waals surface area contributed by atoms with E-state index in [0.717, 1.165) is 5.56 Å². The highest BCUT2D eigenvalue weighted by Gasteiger charge is 2.30. The van der Waals surface area contributed by atoms with Crippen molar-refractivity contribution in [2.75, 3.05) is 13.7 Å². The van der Waals surface area contributed by atoms with Crippen molar-refractivity contribution < 1.29 is 14.6 Å². The Kier molecular flexibility index (Phi) is 4.95. The maximum Gasteiger partial charge on any atom is 0.263 e. The van der Waals surface area contributed by atoms with Crippen LogP contribution in [0.15, 0.2) is 24.3 Å². The zero-order valence-electron chi connectivity index (χ0n) is 12.3. The molecule has 0 saturated carbocycles. The number of hydrogen-bond donors (Lipinski definition) is 1. The Bertz CT molecular complexity index is 443. The number of rotatable bonds is 5. The minimum absolute atomic E-state index is 0.0909. The maximum atomic E-state index is 12.2. The number of ether oxygens (including phenoxy) is 1. The third kappa shape index (κ3) is 3.96. The first kappa shape index (κ1) is 15.5. The fraction of sp³-hybridized carbons (Fsp3) is 0.533. The predicted octanol–water partition coefficient (Wildman–Crippen LogP) is 1.99. The van der Waals surface area contributed by atoms with Crippen LogP contribution < -0.4 is 4.74 Å². The fourth-order valence-electron chi connectivity index (χ4n) is 1.62. The van der Waals surface area contributed by atoms with Gasteiger partial charge >= 0.3 is 0 Å². The molecule has 0 aromatic heterocycles. The molecule has 1 unspecified atom stereocenters. The lowest BCUT2D eigenvalue weighted by molar-refractivity contribution is -0.142. The molecule has 1 rings (SSSR count). The molecular weight excluding hydrogens is 242 g/mol. The summed E-state index contributed by atoms with van der Waals surface area (Å²) in [6, 6.07) is 7.58. The zero-order chi connectivity index (χ0) is 14.6. The van der Waals surface area contributed by atoms with Gasteiger partial charge in [0.1, 0.15) is 5.75 Å². The fourth-order valence-corrected chi connectivity index (χ4v) is 1.62. The van der Waals surface area contributed by atoms with Crippen molar-refractivity contribution in [3.05, 3.63) is 29.8 Å². The lowest BCUT2D eigenvalue weighted by atomic mass is 10.0. The first-order valence-corrected chi connectivity index (χ1v) is 6.40. The highest BCUT2D eigenvalue weighted by atomic mass is 16.5. The van der Waals surface area contributed by atoms with Crippen LogP contribution in [0.3, 0.4) is 0 Å². The van der Waals surface area contributed by atoms with E-state index in [4.69, 9.17) is 4.74 Å². The Morgan fingerprint density at radius 2 is 2.11 bits per heavy atom. The van der Waals surface area contributed by atoms with Crippen LogP contribution in [0.1, 0.15) is 26.3 Å². The van der Waals surface area contributed by atoms with Crippen LogP contribution >= 0.6 is 0 Å². The van der Waals surface area contributed by atoms with E-state index >= 15 is 0 Å². The van der Waals surface area contributed by atoms with E-state index in [1.807, 2.05) is 45.0 Å². The van der Waals surface area contributed by atoms with Crippen molar-refractivity contribution in [1.82, 2.24) is 4.90 Å². The Labute approximate surface area is 115 Å². The standard InChI is InChI=1S/C15H23NO3/c1-11-7-6-8-13(9-11)19-12(2)14(18)16(5)15(3,4)10-17/h6-9,12,17H,10H2,1-5H3. The second-order valence-corrected chi connectivity index (χ2v) is 5.44. The number of aliphatic hydroxyl groups is 1. The zero-order valence-corrected chi connectivity index (χ0v) is 12.3. The van der Waals surface area contributed by atoms with Crippen LogP contribution in [0.5, 0.6) is 5.75 Å². The topological polar surface area (TPSA) is 49.8 Å². The van der Waals surface area contributed by atoms with Crippen molar-refractivity contribution in [2.24, 2.45) is 0 Å². The van der Waals surface area contributed by atoms with E-state index in [-0.39, 0.29) is 12.5 Å². The molecule has 0 aliphatic heterocycles. The second-order valence-electron chi connectivity index (χ2n) is 5.44. The number of benzene rings is 1. The lowest BCUT2D eigenvalue weighted by Crippen LogP contribution is -2.51. The van der Waals surface area contributed by atoms with Gasteiger partial charge in [0.15, 0.2) is 6.10 Å². The molecule has 1 N–H and O–H groups in total. The summed E-state index contributed by atoms with van der Waals surface area (Å²) in [5.74, 6) is 0.525. The van der Waals surface area contributed by atoms with E-state index in [1.165, 1.54) is 4.90 Å². The number of nitrogens with zero attached hydrogens (tertiary/aromatic N) is 1. The molecule has 106 valence electrons. The normalized spacial score (nSPS) is 12.9. The molecule has 0 spiro atoms. The van der Waals surface area contributed by atoms with Gasteiger partial charge in [-0.2, -0.15) is 0 Å². The van der Waals surface area contributed by atoms with Crippen molar-refractivity contribution in [1.29, 1.82) is 0 Å². The van der Waals surface area contributed by atoms with Crippen LogP contribution in [0.4, 0.5) is 0 Å². The number of aryl methyl sites for hydroxylation is 1. The number of hydrogen-bond acceptors (Lipinski definition) is 3. The molecule has 0 aliphatic carbocycles. The third-order valence-corrected chi connectivity index (χ3v) is 3.28. The average Bonchev–Trinajstić information content (AvgIpc) is 2.36. The Morgan fingerprint density at radius 1 is 1.47 bits per heavy atom. The second kappa shape index (κ2) is 6.06. The largest absolute Gasteiger partial charge is 0.481 e. The van der Waals surface area contributed by atoms with Crippen LogP contribution in [-0.2, 0) is 4.79 Å². The van der Waals surface area contributed by atoms with Crippen LogP contribution in [0.25, 0.3) is 0 Å². The minimum Gasteiger partial charge on any atom is -0.481 e. The quantitative estimate of drug-likeness (QED) is 0.885. The molecule has 0 fully saturated rings. The highest BCUT2D eigenvalue weighted by Crippen LogP contribution is 2.17. The van der Waals surface area contributed by atoms with Gasteiger partial charge in [0, 0.05) is 7.05 Å². The number of carbonyl (C=O) groups is 1. The molecule has 1 atom stereocenters. The van der Waals surface area contributed by atoms with Gasteiger partial charge in [-0.25, -0.2) is 0 Å². The summed E-state index contributed by atoms with van der Waals surface area (Å²) in [5.41, 5.74) is 0.489. The van der Waals surface area contributed by atoms with E-state index in [9.17, 15) is 9.90 Å². The summed E-state index contributed by atoms with van der Waals surface area (Å²) in [6.07, 6.45) is -0.586. The van der Waals surface area contributed by atoms with E-state index in [1.54, 1.807) is 14.0 Å². The predicted molar refractivity (Wildman–Crippen MR) is 75.2 cm³/mol. The van der Waals surface area contributed by atoms with Gasteiger partial charge in [-0.3, -0.25) is 4.79 Å². The van der Waals surface area contributed by atoms with Gasteiger partial charge in [0.2, 0.25) is 0 Å². The molecule has 0 saturated heterocycles. The summed E-state index contributed by atoms with van der Waals surface area (Å²) in [4.78, 5) is 13.7. The molecule has 1 aromatic rings. The smallest absolute Gasteiger partial charge is 0.263 e. The Morgan fingerprint density at radius 3 is 2.63 bits per heavy atom. The molecule has 4 nitrogen and oxygen atoms in total. The van der Waals surface area contributed by atoms with Crippen molar-refractivity contribution >= 4 is 5.91 Å². The van der Waals surface area contributed by atoms with Gasteiger partial charge in [0.05, 0.1) is 12.1 Å². The molecule has 0 heterocycles. The Balaban J connectivity index is 2.73. The van der Waals surface area contributed by atoms with Crippen LogP contribution in [-0.4, -0.2) is 41.2 Å². The molecule has 1 amide bonds. The molecule has 4 heteroatoms. The van der Waals surface area contributed by atoms with Crippen molar-refractivity contribution in [3.8, 4) is 5.75 Å². The number of amides is 1. The van der Waals surface area contributed by atoms with Gasteiger partial charge in [0.25, 0.3) is 5.91 Å². The van der Waals surface area contributed by atoms with Crippen LogP contribution in [0, 0.1) is 6.92 Å². The maximum absolute atomic E-state index is 12.2. The number of aliphatic hydroxyl groups excluding tert-OH is 1. The summed E-state index contributed by atoms with van der Waals surface area (Å²) in [7, 11) is 1.68. The monoisotopic (exact) mass is 265 g/mol. The summed E-state index contributed by atoms with van der Waals surface area (Å²) >= 11 is 0. The van der Waals surface area contributed by atoms with Crippen LogP contribution in [0.2, 0.25) is 0 Å². The van der Waals surface area contributed by atoms with Gasteiger partial charge < -0.3 is 14.7 Å². The minimum atomic E-state index is -0.596. The first-order valence-electron chi connectivity index (χ1n) is 6.40. The van der Waals surface area contributed by atoms with Gasteiger partial charge in [-0.05, 0) is 45.4 Å². The van der Waals surface area contributed by atoms with Crippen molar-refractivity contribution in [2.45, 2.75) is 39.3 Å². The molecule has 0 aliphatic rings. The molecular formula is C15H23NO3. The molecule has 0 bridgehead atoms. The van der Waals surface area contributed by atoms with E-state index in [2.05, 4.69) is 0 Å². The third-order valence-electron chi connectivity index (χ3n) is 3.28. The van der Waals surface area contributed by atoms with E-state index < -0.39 is 11.6 Å². The SMILES string of the molecule is Cc1cccc(OC(C)C(=O)N(C)C(C)(C)CO)c1. The van der Waals surface area contributed by atoms with Crippen molar-refractivity contribution in [3.63, 3.8) is 0 Å². The lowest BCUT2D eigenvalue weighted by Gasteiger charge is -2.35. The summed E-state index contributed by atoms with van der Waals surface area (Å²) in [5, 5.41) is 9.29. The first-order chi connectivity index (χ1) is 8.77. The summed E-state index contributed by atoms with van der Waals surface area (Å²) < 4.78 is 5.64. The van der Waals surface area contributed by atoms with Gasteiger partial charge in [-0.1, -0.05) is 12.1 Å². The highest BCUT2D eigenvalue weighted by molar-refractivity contribution is 5.81. The Hall–Kier alpha value is -1.55. The van der Waals surface area contributed by atoms with E-state index in [0.29, 0.717) is 5.75 Å². The van der Waals surface area contributed by atoms with Gasteiger partial charge in [-0.15, -0.1) is 0 Å². The average molecular weight is 265 g/mol. The molecule has 0 radical (unpaired) electrons. The molecule has 1 aromatic carbocycles. The summed E-state index contributed by atoms with van der Waals surface area (Å²) in [6.45, 7) is 7.22. The number of carbonyl (C=O) groups excluding carboxylic acids is 1.